The Morgan fingerprint density at radius 2 is 1.83 bits per heavy atom. The number of nitrogens with one attached hydrogen (secondary N) is 2. The van der Waals surface area contributed by atoms with Crippen molar-refractivity contribution in [2.45, 2.75) is 6.92 Å². The van der Waals surface area contributed by atoms with E-state index in [1.54, 1.807) is 56.5 Å². The van der Waals surface area contributed by atoms with Gasteiger partial charge in [-0.2, -0.15) is 0 Å². The average molecular weight is 324 g/mol. The van der Waals surface area contributed by atoms with Gasteiger partial charge in [0.25, 0.3) is 5.56 Å². The number of aryl methyl sites for hydroxylation is 1. The van der Waals surface area contributed by atoms with Crippen molar-refractivity contribution >= 4 is 22.6 Å². The Morgan fingerprint density at radius 3 is 2.54 bits per heavy atom. The van der Waals surface area contributed by atoms with Crippen LogP contribution in [0, 0.1) is 6.92 Å². The zero-order chi connectivity index (χ0) is 17.1. The summed E-state index contributed by atoms with van der Waals surface area (Å²) in [6, 6.07) is 13.3. The fraction of sp³-hybridized carbons (Fsp3) is 0.118. The van der Waals surface area contributed by atoms with Crippen molar-refractivity contribution in [1.29, 1.82) is 0 Å². The fourth-order valence-electron chi connectivity index (χ4n) is 2.31. The van der Waals surface area contributed by atoms with Crippen LogP contribution < -0.4 is 21.0 Å². The van der Waals surface area contributed by atoms with Gasteiger partial charge in [-0.05, 0) is 43.3 Å². The number of aromatic nitrogens is 2. The van der Waals surface area contributed by atoms with Crippen LogP contribution in [0.1, 0.15) is 5.82 Å². The van der Waals surface area contributed by atoms with Gasteiger partial charge in [-0.25, -0.2) is 19.9 Å². The highest BCUT2D eigenvalue weighted by molar-refractivity contribution is 5.95. The number of methoxy groups -OCH3 is 1. The first kappa shape index (κ1) is 15.5. The lowest BCUT2D eigenvalue weighted by Gasteiger charge is -2.13. The Labute approximate surface area is 137 Å². The third-order valence-electron chi connectivity index (χ3n) is 3.50. The minimum absolute atomic E-state index is 0.331. The topological polar surface area (TPSA) is 85.2 Å². The lowest BCUT2D eigenvalue weighted by Crippen LogP contribution is -2.37. The molecule has 0 aliphatic heterocycles. The molecule has 24 heavy (non-hydrogen) atoms. The summed E-state index contributed by atoms with van der Waals surface area (Å²) >= 11 is 0. The molecule has 3 rings (SSSR count). The van der Waals surface area contributed by atoms with Crippen molar-refractivity contribution in [3.63, 3.8) is 0 Å². The van der Waals surface area contributed by atoms with Crippen LogP contribution in [0.4, 0.5) is 10.5 Å². The SMILES string of the molecule is COc1ccc(NC(=O)Nn2c(C)nc3ccccc3c2=O)cc1. The second kappa shape index (κ2) is 6.41. The molecule has 1 heterocycles. The summed E-state index contributed by atoms with van der Waals surface area (Å²) < 4.78 is 6.19. The minimum Gasteiger partial charge on any atom is -0.497 e. The van der Waals surface area contributed by atoms with E-state index in [1.165, 1.54) is 0 Å². The smallest absolute Gasteiger partial charge is 0.338 e. The number of amides is 2. The van der Waals surface area contributed by atoms with Gasteiger partial charge in [-0.1, -0.05) is 12.1 Å². The molecular weight excluding hydrogens is 308 g/mol. The van der Waals surface area contributed by atoms with Crippen LogP contribution in [0.3, 0.4) is 0 Å². The molecule has 2 aromatic carbocycles. The van der Waals surface area contributed by atoms with Gasteiger partial charge in [0.15, 0.2) is 0 Å². The molecule has 0 saturated heterocycles. The zero-order valence-corrected chi connectivity index (χ0v) is 13.2. The summed E-state index contributed by atoms with van der Waals surface area (Å²) in [4.78, 5) is 28.9. The maximum Gasteiger partial charge on any atom is 0.338 e. The lowest BCUT2D eigenvalue weighted by molar-refractivity contribution is 0.259. The van der Waals surface area contributed by atoms with Crippen LogP contribution in [0.2, 0.25) is 0 Å². The van der Waals surface area contributed by atoms with Crippen LogP contribution >= 0.6 is 0 Å². The number of hydrogen-bond acceptors (Lipinski definition) is 4. The van der Waals surface area contributed by atoms with E-state index in [0.29, 0.717) is 28.2 Å². The van der Waals surface area contributed by atoms with Gasteiger partial charge < -0.3 is 10.1 Å². The summed E-state index contributed by atoms with van der Waals surface area (Å²) in [5.41, 5.74) is 3.35. The number of fused-ring (bicyclic) bond motifs is 1. The van der Waals surface area contributed by atoms with Crippen LogP contribution in [0.25, 0.3) is 10.9 Å². The number of ether oxygens (including phenoxy) is 1. The number of para-hydroxylation sites is 1. The Bertz CT molecular complexity index is 948. The van der Waals surface area contributed by atoms with E-state index < -0.39 is 6.03 Å². The maximum absolute atomic E-state index is 12.5. The number of nitrogens with zero attached hydrogens (tertiary/aromatic N) is 2. The quantitative estimate of drug-likeness (QED) is 0.775. The predicted octanol–water partition coefficient (Wildman–Crippen LogP) is 2.49. The van der Waals surface area contributed by atoms with E-state index in [-0.39, 0.29) is 5.56 Å². The summed E-state index contributed by atoms with van der Waals surface area (Å²) in [6.07, 6.45) is 0. The molecule has 7 heteroatoms. The molecule has 0 atom stereocenters. The van der Waals surface area contributed by atoms with Gasteiger partial charge in [-0.3, -0.25) is 4.79 Å². The summed E-state index contributed by atoms with van der Waals surface area (Å²) in [7, 11) is 1.57. The summed E-state index contributed by atoms with van der Waals surface area (Å²) in [5.74, 6) is 1.08. The van der Waals surface area contributed by atoms with Crippen molar-refractivity contribution in [1.82, 2.24) is 9.66 Å². The second-order valence-electron chi connectivity index (χ2n) is 5.11. The van der Waals surface area contributed by atoms with Gasteiger partial charge in [0.1, 0.15) is 11.6 Å². The molecule has 0 fully saturated rings. The normalized spacial score (nSPS) is 10.4. The molecule has 0 spiro atoms. The third-order valence-corrected chi connectivity index (χ3v) is 3.50. The van der Waals surface area contributed by atoms with E-state index >= 15 is 0 Å². The molecule has 2 N–H and O–H groups in total. The van der Waals surface area contributed by atoms with Crippen molar-refractivity contribution in [3.8, 4) is 5.75 Å². The Hall–Kier alpha value is -3.35. The van der Waals surface area contributed by atoms with Crippen LogP contribution in [0.5, 0.6) is 5.75 Å². The maximum atomic E-state index is 12.5. The zero-order valence-electron chi connectivity index (χ0n) is 13.2. The highest BCUT2D eigenvalue weighted by atomic mass is 16.5. The molecule has 1 aromatic heterocycles. The number of rotatable bonds is 3. The van der Waals surface area contributed by atoms with Gasteiger partial charge >= 0.3 is 6.03 Å². The lowest BCUT2D eigenvalue weighted by atomic mass is 10.2. The van der Waals surface area contributed by atoms with Crippen molar-refractivity contribution in [2.24, 2.45) is 0 Å². The third kappa shape index (κ3) is 3.05. The number of benzene rings is 2. The van der Waals surface area contributed by atoms with Crippen LogP contribution in [-0.2, 0) is 0 Å². The van der Waals surface area contributed by atoms with E-state index in [0.717, 1.165) is 4.68 Å². The molecule has 0 saturated carbocycles. The van der Waals surface area contributed by atoms with Gasteiger partial charge in [0, 0.05) is 5.69 Å². The highest BCUT2D eigenvalue weighted by Crippen LogP contribution is 2.14. The summed E-state index contributed by atoms with van der Waals surface area (Å²) in [5, 5.41) is 3.09. The number of anilines is 1. The van der Waals surface area contributed by atoms with Gasteiger partial charge in [0.2, 0.25) is 0 Å². The van der Waals surface area contributed by atoms with E-state index in [2.05, 4.69) is 15.7 Å². The first-order valence-corrected chi connectivity index (χ1v) is 7.29. The first-order valence-electron chi connectivity index (χ1n) is 7.29. The molecule has 2 amide bonds. The molecular formula is C17H16N4O3. The van der Waals surface area contributed by atoms with Crippen molar-refractivity contribution in [3.05, 3.63) is 64.7 Å². The highest BCUT2D eigenvalue weighted by Gasteiger charge is 2.10. The molecule has 3 aromatic rings. The molecule has 122 valence electrons. The molecule has 0 unspecified atom stereocenters. The Morgan fingerprint density at radius 1 is 1.12 bits per heavy atom. The number of urea groups is 1. The molecule has 0 radical (unpaired) electrons. The van der Waals surface area contributed by atoms with E-state index in [9.17, 15) is 9.59 Å². The molecule has 0 aliphatic carbocycles. The first-order chi connectivity index (χ1) is 11.6. The van der Waals surface area contributed by atoms with E-state index in [1.807, 2.05) is 6.07 Å². The molecule has 0 aliphatic rings. The van der Waals surface area contributed by atoms with Crippen molar-refractivity contribution < 1.29 is 9.53 Å². The number of hydrogen-bond donors (Lipinski definition) is 2. The fourth-order valence-corrected chi connectivity index (χ4v) is 2.31. The molecule has 7 nitrogen and oxygen atoms in total. The monoisotopic (exact) mass is 324 g/mol. The Kier molecular flexibility index (Phi) is 4.15. The molecule has 0 bridgehead atoms. The van der Waals surface area contributed by atoms with Gasteiger partial charge in [0.05, 0.1) is 18.0 Å². The second-order valence-corrected chi connectivity index (χ2v) is 5.11. The largest absolute Gasteiger partial charge is 0.497 e. The summed E-state index contributed by atoms with van der Waals surface area (Å²) in [6.45, 7) is 1.65. The minimum atomic E-state index is -0.539. The van der Waals surface area contributed by atoms with Gasteiger partial charge in [-0.15, -0.1) is 0 Å². The average Bonchev–Trinajstić information content (AvgIpc) is 2.59. The number of carbonyl (C=O) groups is 1. The van der Waals surface area contributed by atoms with Crippen molar-refractivity contribution in [2.75, 3.05) is 17.9 Å². The number of carbonyl (C=O) groups excluding carboxylic acids is 1. The Balaban J connectivity index is 1.83. The predicted molar refractivity (Wildman–Crippen MR) is 92.1 cm³/mol. The van der Waals surface area contributed by atoms with E-state index in [4.69, 9.17) is 4.74 Å². The van der Waals surface area contributed by atoms with Crippen LogP contribution in [-0.4, -0.2) is 22.8 Å². The standard InChI is InChI=1S/C17H16N4O3/c1-11-18-15-6-4-3-5-14(15)16(22)21(11)20-17(23)19-12-7-9-13(24-2)10-8-12/h3-10H,1-2H3,(H2,19,20,23). The van der Waals surface area contributed by atoms with Crippen LogP contribution in [0.15, 0.2) is 53.3 Å².